The lowest BCUT2D eigenvalue weighted by Gasteiger charge is -2.15. The molecule has 56 heavy (non-hydrogen) atoms. The number of aromatic nitrogens is 4. The molecule has 0 atom stereocenters. The molecule has 0 aliphatic heterocycles. The Hall–Kier alpha value is -7.56. The summed E-state index contributed by atoms with van der Waals surface area (Å²) in [5.74, 6) is 0.803. The maximum absolute atomic E-state index is 5.48. The molecule has 12 rings (SSSR count). The van der Waals surface area contributed by atoms with Crippen LogP contribution in [0.5, 0.6) is 0 Å². The minimum absolute atomic E-state index is 0.803. The second kappa shape index (κ2) is 12.0. The van der Waals surface area contributed by atoms with E-state index in [-0.39, 0.29) is 0 Å². The molecule has 4 heteroatoms. The molecule has 9 aromatic carbocycles. The zero-order valence-corrected chi connectivity index (χ0v) is 30.3. The highest BCUT2D eigenvalue weighted by atomic mass is 15.1. The van der Waals surface area contributed by atoms with Crippen LogP contribution in [0.15, 0.2) is 194 Å². The lowest BCUT2D eigenvalue weighted by atomic mass is 10.0. The first-order valence-electron chi connectivity index (χ1n) is 19.1. The van der Waals surface area contributed by atoms with E-state index >= 15 is 0 Å². The molecule has 0 fully saturated rings. The fraction of sp³-hybridized carbons (Fsp3) is 0. The summed E-state index contributed by atoms with van der Waals surface area (Å²) in [5, 5.41) is 9.72. The lowest BCUT2D eigenvalue weighted by Crippen LogP contribution is -2.04. The summed E-state index contributed by atoms with van der Waals surface area (Å²) < 4.78 is 4.82. The second-order valence-corrected chi connectivity index (χ2v) is 14.6. The largest absolute Gasteiger partial charge is 0.309 e. The van der Waals surface area contributed by atoms with Crippen LogP contribution in [0.4, 0.5) is 0 Å². The summed E-state index contributed by atoms with van der Waals surface area (Å²) in [6.07, 6.45) is 0. The van der Waals surface area contributed by atoms with E-state index in [1.54, 1.807) is 0 Å². The predicted octanol–water partition coefficient (Wildman–Crippen LogP) is 13.5. The Bertz CT molecular complexity index is 3520. The van der Waals surface area contributed by atoms with Crippen LogP contribution >= 0.6 is 0 Å². The Labute approximate surface area is 322 Å². The molecule has 0 saturated heterocycles. The van der Waals surface area contributed by atoms with Crippen LogP contribution in [0.3, 0.4) is 0 Å². The maximum Gasteiger partial charge on any atom is 0.165 e. The molecule has 0 amide bonds. The van der Waals surface area contributed by atoms with Crippen LogP contribution in [0.25, 0.3) is 110 Å². The molecule has 0 spiro atoms. The fourth-order valence-corrected chi connectivity index (χ4v) is 8.94. The van der Waals surface area contributed by atoms with Crippen molar-refractivity contribution in [2.75, 3.05) is 0 Å². The van der Waals surface area contributed by atoms with E-state index in [0.717, 1.165) is 50.4 Å². The van der Waals surface area contributed by atoms with E-state index in [0.29, 0.717) is 0 Å². The second-order valence-electron chi connectivity index (χ2n) is 14.6. The first kappa shape index (κ1) is 30.9. The zero-order chi connectivity index (χ0) is 36.7. The van der Waals surface area contributed by atoms with Gasteiger partial charge >= 0.3 is 0 Å². The Morgan fingerprint density at radius 3 is 1.75 bits per heavy atom. The SMILES string of the molecule is c1ccc(-c2ccc(-c3nc4ccccc4nc3-n3c4cc5ccccc5cc4c4c(-n5c6ccccc6c6c7ccccc7ccc65)cccc43)cc2)cc1. The van der Waals surface area contributed by atoms with Crippen molar-refractivity contribution in [2.45, 2.75) is 0 Å². The third-order valence-electron chi connectivity index (χ3n) is 11.5. The normalized spacial score (nSPS) is 11.9. The van der Waals surface area contributed by atoms with Crippen LogP contribution in [-0.4, -0.2) is 19.1 Å². The average Bonchev–Trinajstić information content (AvgIpc) is 3.78. The van der Waals surface area contributed by atoms with Gasteiger partial charge in [-0.1, -0.05) is 146 Å². The van der Waals surface area contributed by atoms with Gasteiger partial charge < -0.3 is 4.57 Å². The Morgan fingerprint density at radius 1 is 0.321 bits per heavy atom. The first-order chi connectivity index (χ1) is 27.8. The Balaban J connectivity index is 1.21. The van der Waals surface area contributed by atoms with Gasteiger partial charge in [-0.3, -0.25) is 4.57 Å². The van der Waals surface area contributed by atoms with Gasteiger partial charge in [-0.05, 0) is 81.2 Å². The molecule has 0 bridgehead atoms. The summed E-state index contributed by atoms with van der Waals surface area (Å²) in [5.41, 5.74) is 11.6. The number of rotatable bonds is 4. The van der Waals surface area contributed by atoms with Gasteiger partial charge in [-0.25, -0.2) is 9.97 Å². The smallest absolute Gasteiger partial charge is 0.165 e. The van der Waals surface area contributed by atoms with Gasteiger partial charge in [-0.15, -0.1) is 0 Å². The van der Waals surface area contributed by atoms with Crippen LogP contribution < -0.4 is 0 Å². The summed E-state index contributed by atoms with van der Waals surface area (Å²) >= 11 is 0. The van der Waals surface area contributed by atoms with Gasteiger partial charge in [0.25, 0.3) is 0 Å². The van der Waals surface area contributed by atoms with E-state index in [4.69, 9.17) is 9.97 Å². The fourth-order valence-electron chi connectivity index (χ4n) is 8.94. The number of hydrogen-bond donors (Lipinski definition) is 0. The van der Waals surface area contributed by atoms with E-state index in [2.05, 4.69) is 191 Å². The third-order valence-corrected chi connectivity index (χ3v) is 11.5. The molecule has 0 aliphatic rings. The molecule has 0 aliphatic carbocycles. The van der Waals surface area contributed by atoms with Crippen LogP contribution in [0.2, 0.25) is 0 Å². The van der Waals surface area contributed by atoms with Gasteiger partial charge in [0, 0.05) is 27.1 Å². The lowest BCUT2D eigenvalue weighted by molar-refractivity contribution is 1.08. The minimum Gasteiger partial charge on any atom is -0.309 e. The molecule has 0 saturated carbocycles. The van der Waals surface area contributed by atoms with Crippen LogP contribution in [0, 0.1) is 0 Å². The average molecular weight is 713 g/mol. The molecule has 3 aromatic heterocycles. The highest BCUT2D eigenvalue weighted by Gasteiger charge is 2.24. The zero-order valence-electron chi connectivity index (χ0n) is 30.3. The first-order valence-corrected chi connectivity index (χ1v) is 19.1. The predicted molar refractivity (Wildman–Crippen MR) is 234 cm³/mol. The van der Waals surface area contributed by atoms with E-state index in [1.807, 2.05) is 12.1 Å². The Kier molecular flexibility index (Phi) is 6.60. The number of nitrogens with zero attached hydrogens (tertiary/aromatic N) is 4. The molecule has 0 unspecified atom stereocenters. The van der Waals surface area contributed by atoms with Crippen LogP contribution in [-0.2, 0) is 0 Å². The van der Waals surface area contributed by atoms with Crippen molar-refractivity contribution in [1.82, 2.24) is 19.1 Å². The van der Waals surface area contributed by atoms with Crippen molar-refractivity contribution in [3.05, 3.63) is 194 Å². The molecular weight excluding hydrogens is 681 g/mol. The number of para-hydroxylation sites is 3. The van der Waals surface area contributed by atoms with Crippen molar-refractivity contribution >= 4 is 76.2 Å². The Morgan fingerprint density at radius 2 is 0.929 bits per heavy atom. The van der Waals surface area contributed by atoms with Gasteiger partial charge in [-0.2, -0.15) is 0 Å². The highest BCUT2D eigenvalue weighted by molar-refractivity contribution is 6.23. The molecule has 3 heterocycles. The van der Waals surface area contributed by atoms with Crippen molar-refractivity contribution < 1.29 is 0 Å². The number of fused-ring (bicyclic) bond motifs is 10. The molecule has 12 aromatic rings. The van der Waals surface area contributed by atoms with E-state index < -0.39 is 0 Å². The van der Waals surface area contributed by atoms with Crippen molar-refractivity contribution in [2.24, 2.45) is 0 Å². The summed E-state index contributed by atoms with van der Waals surface area (Å²) in [6.45, 7) is 0. The molecule has 4 nitrogen and oxygen atoms in total. The summed E-state index contributed by atoms with van der Waals surface area (Å²) in [4.78, 5) is 10.8. The molecular formula is C52H32N4. The molecule has 0 radical (unpaired) electrons. The molecule has 0 N–H and O–H groups in total. The maximum atomic E-state index is 5.48. The van der Waals surface area contributed by atoms with E-state index in [9.17, 15) is 0 Å². The van der Waals surface area contributed by atoms with Crippen molar-refractivity contribution in [1.29, 1.82) is 0 Å². The van der Waals surface area contributed by atoms with Gasteiger partial charge in [0.1, 0.15) is 5.69 Å². The van der Waals surface area contributed by atoms with Crippen molar-refractivity contribution in [3.8, 4) is 33.9 Å². The standard InChI is InChI=1S/C52H32N4/c1-2-13-33(14-3-1)34-25-27-36(28-26-34)51-52(54-43-21-10-9-20-42(43)53-51)56-46-24-12-23-45(50(46)41-31-37-16-4-5-17-38(37)32-48(41)56)55-44-22-11-8-19-40(44)49-39-18-7-6-15-35(39)29-30-47(49)55/h1-32H. The summed E-state index contributed by atoms with van der Waals surface area (Å²) in [7, 11) is 0. The number of benzene rings is 9. The van der Waals surface area contributed by atoms with Crippen LogP contribution in [0.1, 0.15) is 0 Å². The monoisotopic (exact) mass is 712 g/mol. The van der Waals surface area contributed by atoms with Gasteiger partial charge in [0.2, 0.25) is 0 Å². The van der Waals surface area contributed by atoms with Gasteiger partial charge in [0.05, 0.1) is 38.8 Å². The number of hydrogen-bond acceptors (Lipinski definition) is 2. The van der Waals surface area contributed by atoms with Gasteiger partial charge in [0.15, 0.2) is 5.82 Å². The van der Waals surface area contributed by atoms with E-state index in [1.165, 1.54) is 59.7 Å². The summed E-state index contributed by atoms with van der Waals surface area (Å²) in [6, 6.07) is 69.6. The molecule has 260 valence electrons. The third kappa shape index (κ3) is 4.53. The topological polar surface area (TPSA) is 35.6 Å². The highest BCUT2D eigenvalue weighted by Crippen LogP contribution is 2.43. The van der Waals surface area contributed by atoms with Crippen molar-refractivity contribution in [3.63, 3.8) is 0 Å². The minimum atomic E-state index is 0.803. The quantitative estimate of drug-likeness (QED) is 0.182.